The molecule has 2 aromatic heterocycles. The molecular weight excluding hydrogens is 1170 g/mol. The van der Waals surface area contributed by atoms with Gasteiger partial charge in [0.05, 0.1) is 47.6 Å². The minimum Gasteiger partial charge on any atom is -0.458 e. The molecule has 0 spiro atoms. The Morgan fingerprint density at radius 1 is 0.856 bits per heavy atom. The van der Waals surface area contributed by atoms with Crippen molar-refractivity contribution in [3.8, 4) is 11.4 Å². The van der Waals surface area contributed by atoms with Gasteiger partial charge in [0.2, 0.25) is 41.4 Å². The number of carbonyl (C=O) groups excluding carboxylic acids is 8. The van der Waals surface area contributed by atoms with Crippen molar-refractivity contribution in [1.82, 2.24) is 41.0 Å². The average Bonchev–Trinajstić information content (AvgIpc) is 1.48. The third-order valence-electron chi connectivity index (χ3n) is 18.1. The quantitative estimate of drug-likeness (QED) is 0.0135. The van der Waals surface area contributed by atoms with Crippen LogP contribution in [-0.2, 0) is 73.0 Å². The third-order valence-corrected chi connectivity index (χ3v) is 18.1. The van der Waals surface area contributed by atoms with Crippen LogP contribution in [0.5, 0.6) is 0 Å². The van der Waals surface area contributed by atoms with E-state index in [2.05, 4.69) is 40.4 Å². The van der Waals surface area contributed by atoms with Crippen LogP contribution in [0.15, 0.2) is 23.0 Å². The maximum atomic E-state index is 15.5. The molecule has 1 saturated heterocycles. The van der Waals surface area contributed by atoms with Crippen LogP contribution in [0.25, 0.3) is 22.3 Å². The fourth-order valence-corrected chi connectivity index (χ4v) is 12.0. The molecule has 1 fully saturated rings. The Kier molecular flexibility index (Phi) is 26.1. The lowest BCUT2D eigenvalue weighted by Crippen LogP contribution is -2.58. The zero-order valence-corrected chi connectivity index (χ0v) is 53.1. The largest absolute Gasteiger partial charge is 0.458 e. The van der Waals surface area contributed by atoms with Gasteiger partial charge in [0.25, 0.3) is 5.56 Å². The number of imide groups is 1. The predicted molar refractivity (Wildman–Crippen MR) is 327 cm³/mol. The number of halogens is 1. The molecule has 7 amide bonds. The van der Waals surface area contributed by atoms with E-state index in [4.69, 9.17) is 19.6 Å². The van der Waals surface area contributed by atoms with Gasteiger partial charge in [-0.2, -0.15) is 0 Å². The topological polar surface area (TPSA) is 375 Å². The van der Waals surface area contributed by atoms with Gasteiger partial charge in [0, 0.05) is 61.5 Å². The molecule has 5 heterocycles. The number of aromatic nitrogens is 2. The molecule has 3 aliphatic rings. The molecule has 498 valence electrons. The number of hydrogen-bond donors (Lipinski definition) is 11. The number of fused-ring (bicyclic) bond motifs is 5. The van der Waals surface area contributed by atoms with E-state index >= 15 is 4.39 Å². The molecule has 1 aromatic carbocycles. The number of aryl methyl sites for hydroxylation is 1. The highest BCUT2D eigenvalue weighted by Crippen LogP contribution is 2.43. The number of likely N-dealkylation sites (tertiary alicyclic amines) is 1. The standard InChI is InChI=1S/C64H93FN8O17/c1-9-12-16-23-63(8,10-2)43-28-52(79)72(61(43)86)24-17-13-14-20-51(78)69-45(21-22-50(77)66-30-48(75)55(80)56(81)49(76)32-74)58(83)71-53(35(4)5)59(84)68-37(7)57(82)67-34-89-25-18-15-19-39-36(6)44(65)29-46-40(39)26-38-31-73-47(54(38)70-46)27-42-41(60(73)85)33-90-62(87)64(42,88)11-3/h26-27,29,35,37,43,45,48-49,53,55-56,74-76,80-81,88H,9-25,28,30-34H2,1-8H3,(H,66,77)(H,67,82)(H,68,84)(H,69,78)(H,71,83)/t37-,43?,45-,48-,49+,53-,55+,56+,63?,64-/m0/s1. The Bertz CT molecular complexity index is 3160. The van der Waals surface area contributed by atoms with Crippen LogP contribution in [0.1, 0.15) is 173 Å². The summed E-state index contributed by atoms with van der Waals surface area (Å²) >= 11 is 0. The lowest BCUT2D eigenvalue weighted by Gasteiger charge is -2.33. The molecule has 0 saturated carbocycles. The number of aliphatic hydroxyl groups excluding tert-OH is 5. The molecule has 0 radical (unpaired) electrons. The van der Waals surface area contributed by atoms with Crippen LogP contribution in [0.3, 0.4) is 0 Å². The molecule has 6 rings (SSSR count). The number of cyclic esters (lactones) is 1. The van der Waals surface area contributed by atoms with Crippen LogP contribution in [-0.4, -0.2) is 168 Å². The molecule has 10 atom stereocenters. The van der Waals surface area contributed by atoms with E-state index in [1.54, 1.807) is 33.8 Å². The number of nitrogens with one attached hydrogen (secondary N) is 5. The van der Waals surface area contributed by atoms with E-state index in [9.17, 15) is 68.7 Å². The minimum absolute atomic E-state index is 0.0101. The molecule has 0 aliphatic carbocycles. The van der Waals surface area contributed by atoms with Crippen LogP contribution < -0.4 is 32.1 Å². The van der Waals surface area contributed by atoms with E-state index in [0.717, 1.165) is 37.7 Å². The zero-order chi connectivity index (χ0) is 66.4. The highest BCUT2D eigenvalue weighted by Gasteiger charge is 2.48. The van der Waals surface area contributed by atoms with Gasteiger partial charge < -0.3 is 71.3 Å². The monoisotopic (exact) mass is 1260 g/mol. The smallest absolute Gasteiger partial charge is 0.343 e. The molecule has 3 aromatic rings. The summed E-state index contributed by atoms with van der Waals surface area (Å²) in [6, 6.07) is 1.08. The number of amides is 7. The summed E-state index contributed by atoms with van der Waals surface area (Å²) in [5, 5.41) is 74.0. The van der Waals surface area contributed by atoms with Crippen molar-refractivity contribution in [3.05, 3.63) is 62.2 Å². The predicted octanol–water partition coefficient (Wildman–Crippen LogP) is 2.33. The summed E-state index contributed by atoms with van der Waals surface area (Å²) in [6.45, 7) is 12.8. The number of benzene rings is 1. The summed E-state index contributed by atoms with van der Waals surface area (Å²) in [5.41, 5.74) is 0.783. The van der Waals surface area contributed by atoms with Gasteiger partial charge in [-0.15, -0.1) is 0 Å². The van der Waals surface area contributed by atoms with Crippen molar-refractivity contribution in [2.45, 2.75) is 219 Å². The van der Waals surface area contributed by atoms with Crippen LogP contribution in [0.4, 0.5) is 4.39 Å². The van der Waals surface area contributed by atoms with E-state index < -0.39 is 121 Å². The molecular formula is C64H93FN8O17. The van der Waals surface area contributed by atoms with Gasteiger partial charge in [0.1, 0.15) is 55.6 Å². The van der Waals surface area contributed by atoms with Crippen molar-refractivity contribution < 1.29 is 82.9 Å². The minimum atomic E-state index is -1.99. The van der Waals surface area contributed by atoms with Crippen molar-refractivity contribution >= 4 is 58.2 Å². The highest BCUT2D eigenvalue weighted by molar-refractivity contribution is 6.04. The van der Waals surface area contributed by atoms with Crippen molar-refractivity contribution in [3.63, 3.8) is 0 Å². The van der Waals surface area contributed by atoms with E-state index in [1.807, 2.05) is 13.0 Å². The SMILES string of the molecule is CCCCCC(C)(CC)C1CC(=O)N(CCCCCC(=O)N[C@@H](CCC(=O)NC[C@H](O)[C@@H](O)[C@H](O)[C@H](O)CO)C(=O)N[C@H](C(=O)N[C@@H](C)C(=O)NCOCCCCc2c(C)c(F)cc3nc4c(cc23)Cn2c-4cc3c(c2=O)COC(=O)[C@]3(O)CC)C(C)C)C1=O. The average molecular weight is 1270 g/mol. The second kappa shape index (κ2) is 32.5. The molecule has 90 heavy (non-hydrogen) atoms. The lowest BCUT2D eigenvalue weighted by molar-refractivity contribution is -0.172. The summed E-state index contributed by atoms with van der Waals surface area (Å²) in [7, 11) is 0. The molecule has 25 nitrogen and oxygen atoms in total. The van der Waals surface area contributed by atoms with Crippen LogP contribution >= 0.6 is 0 Å². The summed E-state index contributed by atoms with van der Waals surface area (Å²) in [5.74, 6) is -6.13. The molecule has 11 N–H and O–H groups in total. The molecule has 2 unspecified atom stereocenters. The number of unbranched alkanes of at least 4 members (excludes halogenated alkanes) is 5. The van der Waals surface area contributed by atoms with Gasteiger partial charge in [-0.1, -0.05) is 67.2 Å². The van der Waals surface area contributed by atoms with Gasteiger partial charge in [-0.25, -0.2) is 14.2 Å². The second-order valence-corrected chi connectivity index (χ2v) is 24.8. The zero-order valence-electron chi connectivity index (χ0n) is 53.1. The van der Waals surface area contributed by atoms with Gasteiger partial charge in [0.15, 0.2) is 5.60 Å². The first kappa shape index (κ1) is 72.3. The van der Waals surface area contributed by atoms with Gasteiger partial charge in [-0.3, -0.25) is 43.3 Å². The first-order chi connectivity index (χ1) is 42.7. The number of rotatable bonds is 36. The Balaban J connectivity index is 0.990. The first-order valence-corrected chi connectivity index (χ1v) is 31.6. The first-order valence-electron chi connectivity index (χ1n) is 31.6. The number of hydrogen-bond acceptors (Lipinski definition) is 18. The van der Waals surface area contributed by atoms with Crippen LogP contribution in [0, 0.1) is 30.0 Å². The Morgan fingerprint density at radius 2 is 1.58 bits per heavy atom. The lowest BCUT2D eigenvalue weighted by atomic mass is 9.70. The van der Waals surface area contributed by atoms with Gasteiger partial charge >= 0.3 is 5.97 Å². The number of ether oxygens (including phenoxy) is 2. The number of esters is 1. The highest BCUT2D eigenvalue weighted by atomic mass is 19.1. The molecule has 26 heteroatoms. The number of carbonyl (C=O) groups is 8. The van der Waals surface area contributed by atoms with Crippen LogP contribution in [0.2, 0.25) is 0 Å². The maximum Gasteiger partial charge on any atom is 0.343 e. The van der Waals surface area contributed by atoms with Crippen molar-refractivity contribution in [2.24, 2.45) is 17.3 Å². The second-order valence-electron chi connectivity index (χ2n) is 24.8. The fourth-order valence-electron chi connectivity index (χ4n) is 12.0. The van der Waals surface area contributed by atoms with E-state index in [-0.39, 0.29) is 93.0 Å². The van der Waals surface area contributed by atoms with Gasteiger partial charge in [-0.05, 0) is 106 Å². The molecule has 0 bridgehead atoms. The third kappa shape index (κ3) is 17.2. The van der Waals surface area contributed by atoms with E-state index in [0.29, 0.717) is 71.9 Å². The maximum absolute atomic E-state index is 15.5. The van der Waals surface area contributed by atoms with Crippen molar-refractivity contribution in [2.75, 3.05) is 33.0 Å². The summed E-state index contributed by atoms with van der Waals surface area (Å²) in [4.78, 5) is 126. The normalized spacial score (nSPS) is 19.2. The van der Waals surface area contributed by atoms with Crippen molar-refractivity contribution in [1.29, 1.82) is 0 Å². The Labute approximate surface area is 523 Å². The summed E-state index contributed by atoms with van der Waals surface area (Å²) < 4.78 is 27.9. The number of nitrogens with zero attached hydrogens (tertiary/aromatic N) is 3. The fraction of sp³-hybridized carbons (Fsp3) is 0.656. The number of aliphatic hydroxyl groups is 6. The summed E-state index contributed by atoms with van der Waals surface area (Å²) in [6.07, 6.45) is -0.678. The van der Waals surface area contributed by atoms with E-state index in [1.165, 1.54) is 22.5 Å². The molecule has 3 aliphatic heterocycles. The Morgan fingerprint density at radius 3 is 2.26 bits per heavy atom. The Hall–Kier alpha value is -6.81. The number of pyridine rings is 2.